The Morgan fingerprint density at radius 3 is 2.55 bits per heavy atom. The Morgan fingerprint density at radius 2 is 1.90 bits per heavy atom. The molecule has 0 radical (unpaired) electrons. The maximum Gasteiger partial charge on any atom is 0.303 e. The number of benzene rings is 1. The molecule has 20 heavy (non-hydrogen) atoms. The number of halogens is 2. The second-order valence-corrected chi connectivity index (χ2v) is 4.85. The molecule has 0 aliphatic rings. The molecule has 0 atom stereocenters. The topological polar surface area (TPSA) is 66.4 Å². The number of hydrogen-bond acceptors (Lipinski definition) is 2. The minimum absolute atomic E-state index is 0.0139. The number of carbonyl (C=O) groups is 2. The smallest absolute Gasteiger partial charge is 0.303 e. The van der Waals surface area contributed by atoms with Crippen LogP contribution in [0.1, 0.15) is 42.5 Å². The van der Waals surface area contributed by atoms with Crippen LogP contribution in [0, 0.1) is 5.82 Å². The van der Waals surface area contributed by atoms with Gasteiger partial charge in [-0.05, 0) is 31.0 Å². The Kier molecular flexibility index (Phi) is 7.01. The van der Waals surface area contributed by atoms with Crippen LogP contribution in [0.5, 0.6) is 0 Å². The van der Waals surface area contributed by atoms with E-state index in [2.05, 4.69) is 5.32 Å². The zero-order valence-electron chi connectivity index (χ0n) is 11.0. The van der Waals surface area contributed by atoms with Crippen molar-refractivity contribution < 1.29 is 19.1 Å². The highest BCUT2D eigenvalue weighted by molar-refractivity contribution is 6.30. The molecule has 0 aromatic heterocycles. The quantitative estimate of drug-likeness (QED) is 0.724. The number of carbonyl (C=O) groups excluding carboxylic acids is 1. The third-order valence-electron chi connectivity index (χ3n) is 2.78. The Bertz CT molecular complexity index is 479. The lowest BCUT2D eigenvalue weighted by molar-refractivity contribution is -0.137. The van der Waals surface area contributed by atoms with E-state index in [0.29, 0.717) is 13.0 Å². The van der Waals surface area contributed by atoms with E-state index in [0.717, 1.165) is 25.3 Å². The molecule has 0 saturated heterocycles. The first kappa shape index (κ1) is 16.4. The number of nitrogens with one attached hydrogen (secondary N) is 1. The van der Waals surface area contributed by atoms with Gasteiger partial charge in [0, 0.05) is 18.5 Å². The molecule has 2 N–H and O–H groups in total. The van der Waals surface area contributed by atoms with Gasteiger partial charge in [-0.15, -0.1) is 0 Å². The van der Waals surface area contributed by atoms with Crippen LogP contribution in [0.4, 0.5) is 4.39 Å². The van der Waals surface area contributed by atoms with Gasteiger partial charge in [-0.1, -0.05) is 24.4 Å². The minimum Gasteiger partial charge on any atom is -0.481 e. The third-order valence-corrected chi connectivity index (χ3v) is 3.09. The lowest BCUT2D eigenvalue weighted by Crippen LogP contribution is -2.24. The van der Waals surface area contributed by atoms with E-state index >= 15 is 0 Å². The molecule has 110 valence electrons. The number of carboxylic acid groups (broad SMARTS) is 1. The van der Waals surface area contributed by atoms with Crippen molar-refractivity contribution in [2.24, 2.45) is 0 Å². The number of carboxylic acids is 1. The van der Waals surface area contributed by atoms with Crippen molar-refractivity contribution in [1.29, 1.82) is 0 Å². The van der Waals surface area contributed by atoms with Crippen molar-refractivity contribution >= 4 is 23.5 Å². The van der Waals surface area contributed by atoms with Crippen LogP contribution in [0.3, 0.4) is 0 Å². The summed E-state index contributed by atoms with van der Waals surface area (Å²) >= 11 is 5.53. The Balaban J connectivity index is 2.20. The first-order valence-electron chi connectivity index (χ1n) is 6.45. The first-order chi connectivity index (χ1) is 9.50. The van der Waals surface area contributed by atoms with E-state index < -0.39 is 11.8 Å². The molecule has 1 rings (SSSR count). The molecule has 1 amide bonds. The summed E-state index contributed by atoms with van der Waals surface area (Å²) in [7, 11) is 0. The summed E-state index contributed by atoms with van der Waals surface area (Å²) < 4.78 is 13.2. The number of rotatable bonds is 8. The van der Waals surface area contributed by atoms with Crippen LogP contribution in [0.2, 0.25) is 5.02 Å². The number of amides is 1. The maximum atomic E-state index is 13.2. The zero-order chi connectivity index (χ0) is 15.0. The van der Waals surface area contributed by atoms with Crippen LogP contribution < -0.4 is 5.32 Å². The summed E-state index contributed by atoms with van der Waals surface area (Å²) in [6.07, 6.45) is 3.25. The van der Waals surface area contributed by atoms with Crippen LogP contribution in [-0.4, -0.2) is 23.5 Å². The van der Waals surface area contributed by atoms with Gasteiger partial charge in [0.25, 0.3) is 5.91 Å². The largest absolute Gasteiger partial charge is 0.481 e. The number of hydrogen-bond donors (Lipinski definition) is 2. The average Bonchev–Trinajstić information content (AvgIpc) is 2.40. The lowest BCUT2D eigenvalue weighted by Gasteiger charge is -2.05. The molecule has 0 heterocycles. The minimum atomic E-state index is -0.789. The van der Waals surface area contributed by atoms with Crippen molar-refractivity contribution in [3.8, 4) is 0 Å². The highest BCUT2D eigenvalue weighted by Gasteiger charge is 2.08. The van der Waals surface area contributed by atoms with Gasteiger partial charge < -0.3 is 10.4 Å². The first-order valence-corrected chi connectivity index (χ1v) is 6.83. The fraction of sp³-hybridized carbons (Fsp3) is 0.429. The van der Waals surface area contributed by atoms with Gasteiger partial charge in [0.15, 0.2) is 0 Å². The predicted molar refractivity (Wildman–Crippen MR) is 74.5 cm³/mol. The second kappa shape index (κ2) is 8.53. The monoisotopic (exact) mass is 301 g/mol. The molecule has 0 aliphatic heterocycles. The Labute approximate surface area is 121 Å². The molecule has 0 spiro atoms. The number of unbranched alkanes of at least 4 members (excludes halogenated alkanes) is 3. The summed E-state index contributed by atoms with van der Waals surface area (Å²) in [5, 5.41) is 11.1. The zero-order valence-corrected chi connectivity index (χ0v) is 11.8. The van der Waals surface area contributed by atoms with Crippen LogP contribution in [-0.2, 0) is 4.79 Å². The van der Waals surface area contributed by atoms with E-state index in [-0.39, 0.29) is 22.9 Å². The second-order valence-electron chi connectivity index (χ2n) is 4.44. The van der Waals surface area contributed by atoms with E-state index in [1.54, 1.807) is 0 Å². The van der Waals surface area contributed by atoms with Gasteiger partial charge in [-0.2, -0.15) is 0 Å². The van der Waals surface area contributed by atoms with Crippen LogP contribution >= 0.6 is 11.6 Å². The van der Waals surface area contributed by atoms with Gasteiger partial charge >= 0.3 is 5.97 Å². The molecule has 0 fully saturated rings. The Hall–Kier alpha value is -1.62. The normalized spacial score (nSPS) is 10.3. The molecule has 1 aromatic rings. The van der Waals surface area contributed by atoms with Crippen molar-refractivity contribution in [2.75, 3.05) is 6.54 Å². The molecule has 1 aromatic carbocycles. The maximum absolute atomic E-state index is 13.2. The highest BCUT2D eigenvalue weighted by Crippen LogP contribution is 2.15. The predicted octanol–water partition coefficient (Wildman–Crippen LogP) is 3.24. The van der Waals surface area contributed by atoms with Crippen LogP contribution in [0.25, 0.3) is 0 Å². The SMILES string of the molecule is O=C(O)CCCCCCNC(=O)c1ccc(Cl)c(F)c1. The molecule has 0 saturated carbocycles. The highest BCUT2D eigenvalue weighted by atomic mass is 35.5. The van der Waals surface area contributed by atoms with Gasteiger partial charge in [-0.3, -0.25) is 9.59 Å². The van der Waals surface area contributed by atoms with Crippen LogP contribution in [0.15, 0.2) is 18.2 Å². The fourth-order valence-electron chi connectivity index (χ4n) is 1.70. The van der Waals surface area contributed by atoms with Crippen molar-refractivity contribution in [2.45, 2.75) is 32.1 Å². The average molecular weight is 302 g/mol. The van der Waals surface area contributed by atoms with E-state index in [1.165, 1.54) is 12.1 Å². The summed E-state index contributed by atoms with van der Waals surface area (Å²) in [5.74, 6) is -1.75. The molecular weight excluding hydrogens is 285 g/mol. The van der Waals surface area contributed by atoms with E-state index in [9.17, 15) is 14.0 Å². The van der Waals surface area contributed by atoms with Gasteiger partial charge in [0.1, 0.15) is 5.82 Å². The summed E-state index contributed by atoms with van der Waals surface area (Å²) in [6.45, 7) is 0.482. The summed E-state index contributed by atoms with van der Waals surface area (Å²) in [6, 6.07) is 3.91. The number of aliphatic carboxylic acids is 1. The van der Waals surface area contributed by atoms with Gasteiger partial charge in [-0.25, -0.2) is 4.39 Å². The standard InChI is InChI=1S/C14H17ClFNO3/c15-11-7-6-10(9-12(11)16)14(20)17-8-4-2-1-3-5-13(18)19/h6-7,9H,1-5,8H2,(H,17,20)(H,18,19). The summed E-state index contributed by atoms with van der Waals surface area (Å²) in [5.41, 5.74) is 0.234. The molecular formula is C14H17ClFNO3. The Morgan fingerprint density at radius 1 is 1.20 bits per heavy atom. The third kappa shape index (κ3) is 6.02. The molecule has 0 aliphatic carbocycles. The lowest BCUT2D eigenvalue weighted by atomic mass is 10.1. The molecule has 4 nitrogen and oxygen atoms in total. The van der Waals surface area contributed by atoms with Gasteiger partial charge in [0.2, 0.25) is 0 Å². The van der Waals surface area contributed by atoms with Crippen molar-refractivity contribution in [3.05, 3.63) is 34.6 Å². The fourth-order valence-corrected chi connectivity index (χ4v) is 1.81. The summed E-state index contributed by atoms with van der Waals surface area (Å²) in [4.78, 5) is 22.0. The van der Waals surface area contributed by atoms with Crippen molar-refractivity contribution in [1.82, 2.24) is 5.32 Å². The van der Waals surface area contributed by atoms with Gasteiger partial charge in [0.05, 0.1) is 5.02 Å². The van der Waals surface area contributed by atoms with Crippen molar-refractivity contribution in [3.63, 3.8) is 0 Å². The van der Waals surface area contributed by atoms with E-state index in [4.69, 9.17) is 16.7 Å². The van der Waals surface area contributed by atoms with E-state index in [1.807, 2.05) is 0 Å². The molecule has 6 heteroatoms. The molecule has 0 unspecified atom stereocenters. The molecule has 0 bridgehead atoms.